The molecule has 5 aromatic rings. The van der Waals surface area contributed by atoms with Crippen molar-refractivity contribution in [3.05, 3.63) is 125 Å². The van der Waals surface area contributed by atoms with Gasteiger partial charge in [0, 0.05) is 57.6 Å². The number of aliphatic carboxylic acids is 1. The van der Waals surface area contributed by atoms with E-state index in [2.05, 4.69) is 130 Å². The molecule has 0 saturated heterocycles. The van der Waals surface area contributed by atoms with Crippen LogP contribution in [0, 0.1) is 5.41 Å². The average Bonchev–Trinajstić information content (AvgIpc) is 3.84. The third-order valence-electron chi connectivity index (χ3n) is 16.3. The Bertz CT molecular complexity index is 2740. The highest BCUT2D eigenvalue weighted by Gasteiger charge is 2.44. The molecule has 1 amide bonds. The minimum absolute atomic E-state index is 0.0658. The highest BCUT2D eigenvalue weighted by molar-refractivity contribution is 6.47. The van der Waals surface area contributed by atoms with Gasteiger partial charge in [0.1, 0.15) is 0 Å². The van der Waals surface area contributed by atoms with Crippen molar-refractivity contribution in [3.63, 3.8) is 0 Å². The molecule has 1 atom stereocenters. The van der Waals surface area contributed by atoms with Crippen molar-refractivity contribution in [1.82, 2.24) is 5.32 Å². The SMILES string of the molecule is COCCOCCCC1(CCCOCCOC)c2cc(-c3ccc(CCCC(=O)O)cc3)ccc2-c2ccc(-c3ccc4c(c3)C(C)(CCCCNC(=O)CC(C)(C)C)c3cc(BOC(C)(C)C(C)(C)O)ccc3-4)cc21. The average molecular weight is 1040 g/mol. The number of carboxylic acid groups (broad SMARTS) is 1. The van der Waals surface area contributed by atoms with E-state index in [9.17, 15) is 19.8 Å². The molecule has 0 radical (unpaired) electrons. The number of benzene rings is 5. The zero-order chi connectivity index (χ0) is 54.7. The second-order valence-electron chi connectivity index (χ2n) is 23.8. The zero-order valence-electron chi connectivity index (χ0n) is 47.4. The minimum atomic E-state index is -1.02. The minimum Gasteiger partial charge on any atom is -0.481 e. The maximum atomic E-state index is 12.8. The van der Waals surface area contributed by atoms with Crippen LogP contribution in [0.25, 0.3) is 44.5 Å². The molecule has 0 spiro atoms. The van der Waals surface area contributed by atoms with Crippen molar-refractivity contribution in [2.24, 2.45) is 5.41 Å². The van der Waals surface area contributed by atoms with Gasteiger partial charge in [0.05, 0.1) is 37.6 Å². The van der Waals surface area contributed by atoms with E-state index in [1.54, 1.807) is 28.1 Å². The normalized spacial score (nSPS) is 15.5. The van der Waals surface area contributed by atoms with Gasteiger partial charge in [-0.3, -0.25) is 9.59 Å². The first-order valence-corrected chi connectivity index (χ1v) is 27.9. The van der Waals surface area contributed by atoms with Crippen molar-refractivity contribution in [2.45, 2.75) is 148 Å². The van der Waals surface area contributed by atoms with Crippen molar-refractivity contribution < 1.29 is 43.4 Å². The molecule has 0 aliphatic heterocycles. The molecule has 0 heterocycles. The topological polar surface area (TPSA) is 133 Å². The van der Waals surface area contributed by atoms with Gasteiger partial charge in [0.2, 0.25) is 5.91 Å². The lowest BCUT2D eigenvalue weighted by Crippen LogP contribution is -2.49. The number of carboxylic acids is 1. The van der Waals surface area contributed by atoms with Gasteiger partial charge in [-0.25, -0.2) is 0 Å². The molecule has 0 bridgehead atoms. The summed E-state index contributed by atoms with van der Waals surface area (Å²) in [4.78, 5) is 24.0. The van der Waals surface area contributed by atoms with Gasteiger partial charge in [-0.15, -0.1) is 0 Å². The van der Waals surface area contributed by atoms with Crippen LogP contribution in [0.1, 0.15) is 147 Å². The van der Waals surface area contributed by atoms with E-state index in [1.165, 1.54) is 55.6 Å². The number of fused-ring (bicyclic) bond motifs is 6. The summed E-state index contributed by atoms with van der Waals surface area (Å²) in [5.74, 6) is -0.664. The molecule has 10 nitrogen and oxygen atoms in total. The molecular weight excluding hydrogens is 950 g/mol. The fourth-order valence-electron chi connectivity index (χ4n) is 11.3. The maximum Gasteiger partial charge on any atom is 0.309 e. The predicted octanol–water partition coefficient (Wildman–Crippen LogP) is 12.1. The largest absolute Gasteiger partial charge is 0.481 e. The molecule has 0 fully saturated rings. The summed E-state index contributed by atoms with van der Waals surface area (Å²) in [5.41, 5.74) is 14.6. The molecule has 1 unspecified atom stereocenters. The van der Waals surface area contributed by atoms with Gasteiger partial charge >= 0.3 is 13.5 Å². The highest BCUT2D eigenvalue weighted by Crippen LogP contribution is 2.56. The number of carbonyl (C=O) groups excluding carboxylic acids is 1. The van der Waals surface area contributed by atoms with Crippen LogP contribution in [0.2, 0.25) is 0 Å². The van der Waals surface area contributed by atoms with Crippen LogP contribution in [-0.4, -0.2) is 101 Å². The van der Waals surface area contributed by atoms with Gasteiger partial charge in [-0.1, -0.05) is 118 Å². The van der Waals surface area contributed by atoms with E-state index in [-0.39, 0.29) is 28.6 Å². The molecule has 408 valence electrons. The fourth-order valence-corrected chi connectivity index (χ4v) is 11.3. The van der Waals surface area contributed by atoms with Crippen LogP contribution in [0.5, 0.6) is 0 Å². The lowest BCUT2D eigenvalue weighted by atomic mass is 9.70. The lowest BCUT2D eigenvalue weighted by Gasteiger charge is -2.37. The standard InChI is InChI=1S/C65H86BNO9/c1-61(2,3)44-59(68)67-33-12-11-30-64(8)55-40-48(23-26-51(55)52-29-25-50(43-56(52)64)66-76-63(6,7)62(4,5)71)49-24-28-54-53-27-22-47(46-20-18-45(19-21-46)16-13-17-60(69)70)41-57(53)65(58(54)42-49,31-14-34-74-38-36-72-9)32-15-35-75-39-37-73-10/h18-29,40-43,66,71H,11-17,30-39,44H2,1-10H3,(H,67,68)(H,69,70). The number of nitrogens with one attached hydrogen (secondary N) is 1. The number of carbonyl (C=O) groups is 2. The van der Waals surface area contributed by atoms with Crippen molar-refractivity contribution in [1.29, 1.82) is 0 Å². The van der Waals surface area contributed by atoms with Gasteiger partial charge in [0.15, 0.2) is 0 Å². The number of hydrogen-bond acceptors (Lipinski definition) is 8. The molecule has 0 saturated carbocycles. The number of amides is 1. The Kier molecular flexibility index (Phi) is 19.7. The quantitative estimate of drug-likeness (QED) is 0.0304. The smallest absolute Gasteiger partial charge is 0.309 e. The predicted molar refractivity (Wildman–Crippen MR) is 309 cm³/mol. The van der Waals surface area contributed by atoms with Crippen molar-refractivity contribution in [3.8, 4) is 44.5 Å². The van der Waals surface area contributed by atoms with Crippen LogP contribution >= 0.6 is 0 Å². The third-order valence-corrected chi connectivity index (χ3v) is 16.3. The van der Waals surface area contributed by atoms with Crippen molar-refractivity contribution in [2.75, 3.05) is 60.4 Å². The van der Waals surface area contributed by atoms with Crippen LogP contribution in [-0.2, 0) is 50.4 Å². The van der Waals surface area contributed by atoms with E-state index >= 15 is 0 Å². The Balaban J connectivity index is 1.27. The number of aryl methyl sites for hydroxylation is 1. The number of rotatable bonds is 30. The molecule has 5 aromatic carbocycles. The van der Waals surface area contributed by atoms with E-state index in [4.69, 9.17) is 23.6 Å². The second-order valence-corrected chi connectivity index (χ2v) is 23.8. The zero-order valence-corrected chi connectivity index (χ0v) is 47.4. The molecule has 76 heavy (non-hydrogen) atoms. The first kappa shape index (κ1) is 58.5. The Morgan fingerprint density at radius 1 is 0.579 bits per heavy atom. The van der Waals surface area contributed by atoms with E-state index in [0.29, 0.717) is 66.5 Å². The number of hydrogen-bond donors (Lipinski definition) is 3. The number of ether oxygens (including phenoxy) is 4. The van der Waals surface area contributed by atoms with E-state index < -0.39 is 17.2 Å². The van der Waals surface area contributed by atoms with Gasteiger partial charge in [0.25, 0.3) is 0 Å². The number of unbranched alkanes of at least 4 members (excludes halogenated alkanes) is 1. The van der Waals surface area contributed by atoms with Crippen molar-refractivity contribution >= 4 is 24.8 Å². The number of aliphatic hydroxyl groups is 1. The summed E-state index contributed by atoms with van der Waals surface area (Å²) in [7, 11) is 3.79. The van der Waals surface area contributed by atoms with Gasteiger partial charge in [-0.2, -0.15) is 0 Å². The maximum absolute atomic E-state index is 12.8. The molecule has 2 aliphatic carbocycles. The van der Waals surface area contributed by atoms with Gasteiger partial charge in [-0.05, 0) is 175 Å². The Labute approximate surface area is 454 Å². The molecule has 3 N–H and O–H groups in total. The second kappa shape index (κ2) is 25.6. The van der Waals surface area contributed by atoms with Crippen LogP contribution in [0.3, 0.4) is 0 Å². The lowest BCUT2D eigenvalue weighted by molar-refractivity contribution is -0.137. The van der Waals surface area contributed by atoms with Crippen LogP contribution in [0.15, 0.2) is 97.1 Å². The Morgan fingerprint density at radius 3 is 1.61 bits per heavy atom. The summed E-state index contributed by atoms with van der Waals surface area (Å²) in [5, 5.41) is 23.3. The summed E-state index contributed by atoms with van der Waals surface area (Å²) < 4.78 is 29.3. The molecule has 11 heteroatoms. The first-order chi connectivity index (χ1) is 36.2. The molecule has 7 rings (SSSR count). The number of methoxy groups -OCH3 is 2. The summed E-state index contributed by atoms with van der Waals surface area (Å²) in [6.07, 6.45) is 8.23. The Morgan fingerprint density at radius 2 is 1.08 bits per heavy atom. The molecular formula is C65H86BNO9. The summed E-state index contributed by atoms with van der Waals surface area (Å²) >= 11 is 0. The van der Waals surface area contributed by atoms with Crippen LogP contribution < -0.4 is 10.8 Å². The van der Waals surface area contributed by atoms with Crippen LogP contribution in [0.4, 0.5) is 0 Å². The summed E-state index contributed by atoms with van der Waals surface area (Å²) in [6.45, 7) is 20.3. The third kappa shape index (κ3) is 14.1. The Hall–Kier alpha value is -5.14. The highest BCUT2D eigenvalue weighted by atomic mass is 16.5. The molecule has 2 aliphatic rings. The van der Waals surface area contributed by atoms with E-state index in [1.807, 2.05) is 13.8 Å². The first-order valence-electron chi connectivity index (χ1n) is 27.9. The summed E-state index contributed by atoms with van der Waals surface area (Å²) in [6, 6.07) is 36.5. The van der Waals surface area contributed by atoms with E-state index in [0.717, 1.165) is 73.5 Å². The fraction of sp³-hybridized carbons (Fsp3) is 0.508. The monoisotopic (exact) mass is 1040 g/mol. The van der Waals surface area contributed by atoms with Gasteiger partial charge < -0.3 is 39.1 Å². The molecule has 0 aromatic heterocycles.